The minimum absolute atomic E-state index is 0.00319. The number of Topliss-reactive ketones (excluding diaryl/α,β-unsaturated/α-hetero) is 1. The third kappa shape index (κ3) is 1.14. The van der Waals surface area contributed by atoms with Gasteiger partial charge in [0, 0.05) is 5.56 Å². The van der Waals surface area contributed by atoms with Crippen molar-refractivity contribution in [3.8, 4) is 0 Å². The summed E-state index contributed by atoms with van der Waals surface area (Å²) in [6.07, 6.45) is -0.412. The van der Waals surface area contributed by atoms with E-state index in [0.29, 0.717) is 5.56 Å². The van der Waals surface area contributed by atoms with Gasteiger partial charge in [0.2, 0.25) is 5.78 Å². The third-order valence-electron chi connectivity index (χ3n) is 3.51. The molecule has 0 N–H and O–H groups in total. The zero-order valence-electron chi connectivity index (χ0n) is 8.83. The SMILES string of the molecule is CC12OC(=O)CC1C(F)(F)C(=O)c1sccc12. The van der Waals surface area contributed by atoms with E-state index in [9.17, 15) is 18.4 Å². The van der Waals surface area contributed by atoms with E-state index in [1.165, 1.54) is 6.92 Å². The number of esters is 1. The van der Waals surface area contributed by atoms with Gasteiger partial charge in [0.15, 0.2) is 0 Å². The summed E-state index contributed by atoms with van der Waals surface area (Å²) in [5, 5.41) is 1.57. The third-order valence-corrected chi connectivity index (χ3v) is 4.42. The Morgan fingerprint density at radius 1 is 1.47 bits per heavy atom. The first-order chi connectivity index (χ1) is 7.87. The smallest absolute Gasteiger partial charge is 0.318 e. The van der Waals surface area contributed by atoms with Crippen molar-refractivity contribution in [2.24, 2.45) is 5.92 Å². The van der Waals surface area contributed by atoms with Crippen molar-refractivity contribution in [1.82, 2.24) is 0 Å². The van der Waals surface area contributed by atoms with Crippen LogP contribution >= 0.6 is 11.3 Å². The maximum atomic E-state index is 14.0. The van der Waals surface area contributed by atoms with Crippen LogP contribution in [-0.2, 0) is 15.1 Å². The van der Waals surface area contributed by atoms with Crippen LogP contribution in [0.5, 0.6) is 0 Å². The van der Waals surface area contributed by atoms with Gasteiger partial charge in [-0.15, -0.1) is 11.3 Å². The molecule has 0 aromatic carbocycles. The van der Waals surface area contributed by atoms with Crippen LogP contribution in [0.1, 0.15) is 28.6 Å². The van der Waals surface area contributed by atoms with E-state index >= 15 is 0 Å². The Kier molecular flexibility index (Phi) is 1.86. The molecule has 1 aromatic rings. The monoisotopic (exact) mass is 258 g/mol. The van der Waals surface area contributed by atoms with Gasteiger partial charge in [0.1, 0.15) is 5.60 Å². The second kappa shape index (κ2) is 2.93. The zero-order chi connectivity index (χ0) is 12.4. The highest BCUT2D eigenvalue weighted by molar-refractivity contribution is 7.12. The van der Waals surface area contributed by atoms with Crippen LogP contribution in [0, 0.1) is 5.92 Å². The molecule has 2 unspecified atom stereocenters. The molecule has 1 fully saturated rings. The number of carbonyl (C=O) groups is 2. The maximum Gasteiger partial charge on any atom is 0.318 e. The van der Waals surface area contributed by atoms with Gasteiger partial charge in [-0.3, -0.25) is 9.59 Å². The second-order valence-electron chi connectivity index (χ2n) is 4.45. The molecule has 0 spiro atoms. The van der Waals surface area contributed by atoms with E-state index in [4.69, 9.17) is 4.74 Å². The van der Waals surface area contributed by atoms with E-state index in [-0.39, 0.29) is 4.88 Å². The van der Waals surface area contributed by atoms with Crippen molar-refractivity contribution < 1.29 is 23.1 Å². The van der Waals surface area contributed by atoms with Gasteiger partial charge in [0.05, 0.1) is 17.2 Å². The molecule has 6 heteroatoms. The minimum atomic E-state index is -3.53. The van der Waals surface area contributed by atoms with Crippen molar-refractivity contribution in [3.05, 3.63) is 21.9 Å². The van der Waals surface area contributed by atoms with Gasteiger partial charge in [0.25, 0.3) is 0 Å². The lowest BCUT2D eigenvalue weighted by Crippen LogP contribution is -2.50. The molecule has 1 aromatic heterocycles. The number of alkyl halides is 2. The summed E-state index contributed by atoms with van der Waals surface area (Å²) in [6, 6.07) is 1.58. The number of fused-ring (bicyclic) bond motifs is 3. The Morgan fingerprint density at radius 3 is 2.88 bits per heavy atom. The first-order valence-corrected chi connectivity index (χ1v) is 5.98. The molecule has 0 saturated carbocycles. The van der Waals surface area contributed by atoms with Crippen LogP contribution < -0.4 is 0 Å². The van der Waals surface area contributed by atoms with E-state index in [2.05, 4.69) is 0 Å². The average Bonchev–Trinajstić information content (AvgIpc) is 2.81. The summed E-state index contributed by atoms with van der Waals surface area (Å²) in [4.78, 5) is 23.0. The molecule has 2 heterocycles. The predicted molar refractivity (Wildman–Crippen MR) is 55.1 cm³/mol. The lowest BCUT2D eigenvalue weighted by molar-refractivity contribution is -0.153. The average molecular weight is 258 g/mol. The van der Waals surface area contributed by atoms with Crippen molar-refractivity contribution in [1.29, 1.82) is 0 Å². The molecular formula is C11H8F2O3S. The number of halogens is 2. The molecule has 17 heavy (non-hydrogen) atoms. The number of thiophene rings is 1. The molecule has 0 bridgehead atoms. The molecule has 0 radical (unpaired) electrons. The summed E-state index contributed by atoms with van der Waals surface area (Å²) >= 11 is 0.964. The fourth-order valence-corrected chi connectivity index (χ4v) is 3.59. The van der Waals surface area contributed by atoms with Gasteiger partial charge in [-0.1, -0.05) is 0 Å². The highest BCUT2D eigenvalue weighted by Crippen LogP contribution is 2.55. The fourth-order valence-electron chi connectivity index (χ4n) is 2.61. The molecule has 1 aliphatic heterocycles. The van der Waals surface area contributed by atoms with E-state index < -0.39 is 35.6 Å². The molecule has 1 saturated heterocycles. The topological polar surface area (TPSA) is 43.4 Å². The molecular weight excluding hydrogens is 250 g/mol. The lowest BCUT2D eigenvalue weighted by atomic mass is 9.73. The Hall–Kier alpha value is -1.30. The highest BCUT2D eigenvalue weighted by atomic mass is 32.1. The van der Waals surface area contributed by atoms with Crippen LogP contribution in [0.25, 0.3) is 0 Å². The van der Waals surface area contributed by atoms with E-state index in [1.807, 2.05) is 0 Å². The second-order valence-corrected chi connectivity index (χ2v) is 5.37. The predicted octanol–water partition coefficient (Wildman–Crippen LogP) is 2.36. The molecule has 90 valence electrons. The summed E-state index contributed by atoms with van der Waals surface area (Å²) in [7, 11) is 0. The van der Waals surface area contributed by atoms with Crippen LogP contribution in [0.3, 0.4) is 0 Å². The molecule has 1 aliphatic carbocycles. The van der Waals surface area contributed by atoms with Crippen molar-refractivity contribution >= 4 is 23.1 Å². The van der Waals surface area contributed by atoms with Gasteiger partial charge in [-0.2, -0.15) is 8.78 Å². The van der Waals surface area contributed by atoms with Crippen LogP contribution in [0.4, 0.5) is 8.78 Å². The Morgan fingerprint density at radius 2 is 2.18 bits per heavy atom. The molecule has 3 rings (SSSR count). The molecule has 2 atom stereocenters. The fraction of sp³-hybridized carbons (Fsp3) is 0.455. The van der Waals surface area contributed by atoms with E-state index in [1.54, 1.807) is 11.4 Å². The number of ketones is 1. The highest BCUT2D eigenvalue weighted by Gasteiger charge is 2.66. The summed E-state index contributed by atoms with van der Waals surface area (Å²) in [6.45, 7) is 1.45. The first-order valence-electron chi connectivity index (χ1n) is 5.10. The van der Waals surface area contributed by atoms with Crippen LogP contribution in [-0.4, -0.2) is 17.7 Å². The number of rotatable bonds is 0. The molecule has 2 aliphatic rings. The van der Waals surface area contributed by atoms with Crippen LogP contribution in [0.15, 0.2) is 11.4 Å². The number of hydrogen-bond donors (Lipinski definition) is 0. The van der Waals surface area contributed by atoms with Crippen LogP contribution in [0.2, 0.25) is 0 Å². The van der Waals surface area contributed by atoms with Gasteiger partial charge < -0.3 is 4.74 Å². The number of carbonyl (C=O) groups excluding carboxylic acids is 2. The summed E-state index contributed by atoms with van der Waals surface area (Å²) < 4.78 is 33.0. The zero-order valence-corrected chi connectivity index (χ0v) is 9.64. The quantitative estimate of drug-likeness (QED) is 0.671. The Balaban J connectivity index is 2.28. The lowest BCUT2D eigenvalue weighted by Gasteiger charge is -2.37. The van der Waals surface area contributed by atoms with Crippen molar-refractivity contribution in [2.75, 3.05) is 0 Å². The standard InChI is InChI=1S/C11H8F2O3S/c1-10-5-2-3-17-8(5)9(15)11(12,13)6(10)4-7(14)16-10/h2-3,6H,4H2,1H3. The van der Waals surface area contributed by atoms with E-state index in [0.717, 1.165) is 11.3 Å². The number of ether oxygens (including phenoxy) is 1. The first kappa shape index (κ1) is 10.8. The summed E-state index contributed by atoms with van der Waals surface area (Å²) in [5.74, 6) is -6.79. The van der Waals surface area contributed by atoms with Gasteiger partial charge >= 0.3 is 11.9 Å². The van der Waals surface area contributed by atoms with Gasteiger partial charge in [-0.25, -0.2) is 0 Å². The number of hydrogen-bond acceptors (Lipinski definition) is 4. The normalized spacial score (nSPS) is 34.2. The van der Waals surface area contributed by atoms with Gasteiger partial charge in [-0.05, 0) is 18.4 Å². The minimum Gasteiger partial charge on any atom is -0.454 e. The summed E-state index contributed by atoms with van der Waals surface area (Å²) in [5.41, 5.74) is -0.960. The van der Waals surface area contributed by atoms with Crippen molar-refractivity contribution in [3.63, 3.8) is 0 Å². The Bertz CT molecular complexity index is 537. The maximum absolute atomic E-state index is 14.0. The molecule has 0 amide bonds. The largest absolute Gasteiger partial charge is 0.454 e. The van der Waals surface area contributed by atoms with Crippen molar-refractivity contribution in [2.45, 2.75) is 24.9 Å². The Labute approximate surface area is 99.4 Å². The molecule has 3 nitrogen and oxygen atoms in total.